The Balaban J connectivity index is 1.67. The summed E-state index contributed by atoms with van der Waals surface area (Å²) in [5.74, 6) is 2.08. The Morgan fingerprint density at radius 3 is 2.61 bits per heavy atom. The van der Waals surface area contributed by atoms with Gasteiger partial charge < -0.3 is 24.8 Å². The maximum absolute atomic E-state index is 6.09. The van der Waals surface area contributed by atoms with Crippen molar-refractivity contribution in [3.8, 4) is 0 Å². The molecule has 2 N–H and O–H groups in total. The summed E-state index contributed by atoms with van der Waals surface area (Å²) >= 11 is 0. The number of nitrogens with one attached hydrogen (secondary N) is 2. The van der Waals surface area contributed by atoms with E-state index in [1.807, 2.05) is 0 Å². The molecule has 164 valence electrons. The Morgan fingerprint density at radius 1 is 1.11 bits per heavy atom. The van der Waals surface area contributed by atoms with E-state index >= 15 is 0 Å². The average Bonchev–Trinajstić information content (AvgIpc) is 2.69. The third kappa shape index (κ3) is 8.66. The normalized spacial score (nSPS) is 24.9. The predicted octanol–water partition coefficient (Wildman–Crippen LogP) is 3.22. The molecule has 0 aromatic rings. The molecule has 0 aromatic carbocycles. The van der Waals surface area contributed by atoms with Gasteiger partial charge in [0.25, 0.3) is 0 Å². The van der Waals surface area contributed by atoms with Crippen LogP contribution < -0.4 is 10.6 Å². The van der Waals surface area contributed by atoms with Crippen molar-refractivity contribution in [2.45, 2.75) is 65.9 Å². The zero-order chi connectivity index (χ0) is 20.2. The number of hydrogen-bond acceptors (Lipinski definition) is 4. The lowest BCUT2D eigenvalue weighted by Crippen LogP contribution is -2.43. The van der Waals surface area contributed by atoms with Gasteiger partial charge >= 0.3 is 0 Å². The van der Waals surface area contributed by atoms with Crippen molar-refractivity contribution in [3.63, 3.8) is 0 Å². The molecule has 0 bridgehead atoms. The molecule has 0 aromatic heterocycles. The molecule has 0 spiro atoms. The van der Waals surface area contributed by atoms with Crippen LogP contribution in [-0.4, -0.2) is 64.7 Å². The van der Waals surface area contributed by atoms with Gasteiger partial charge in [-0.2, -0.15) is 0 Å². The van der Waals surface area contributed by atoms with Gasteiger partial charge in [0.15, 0.2) is 5.96 Å². The van der Waals surface area contributed by atoms with Crippen molar-refractivity contribution in [1.29, 1.82) is 0 Å². The van der Waals surface area contributed by atoms with E-state index in [0.717, 1.165) is 84.3 Å². The van der Waals surface area contributed by atoms with E-state index in [2.05, 4.69) is 38.3 Å². The van der Waals surface area contributed by atoms with Crippen LogP contribution in [0, 0.1) is 17.3 Å². The molecule has 0 aliphatic carbocycles. The molecule has 2 fully saturated rings. The second kappa shape index (κ2) is 12.7. The van der Waals surface area contributed by atoms with Crippen LogP contribution >= 0.6 is 0 Å². The molecule has 2 rings (SSSR count). The molecular formula is C22H43N3O3. The fourth-order valence-corrected chi connectivity index (χ4v) is 4.08. The summed E-state index contributed by atoms with van der Waals surface area (Å²) in [6.45, 7) is 15.8. The summed E-state index contributed by atoms with van der Waals surface area (Å²) in [5, 5.41) is 6.81. The molecule has 2 heterocycles. The Hall–Kier alpha value is -0.850. The van der Waals surface area contributed by atoms with Gasteiger partial charge in [-0.05, 0) is 50.4 Å². The molecule has 0 radical (unpaired) electrons. The van der Waals surface area contributed by atoms with Crippen molar-refractivity contribution < 1.29 is 14.2 Å². The van der Waals surface area contributed by atoms with Gasteiger partial charge in [0.05, 0.1) is 6.10 Å². The first-order valence-corrected chi connectivity index (χ1v) is 11.3. The van der Waals surface area contributed by atoms with Crippen LogP contribution in [0.15, 0.2) is 4.99 Å². The van der Waals surface area contributed by atoms with Crippen molar-refractivity contribution in [2.24, 2.45) is 22.2 Å². The van der Waals surface area contributed by atoms with Crippen LogP contribution in [0.2, 0.25) is 0 Å². The van der Waals surface area contributed by atoms with Gasteiger partial charge in [-0.25, -0.2) is 0 Å². The number of ether oxygens (including phenoxy) is 3. The molecular weight excluding hydrogens is 354 g/mol. The molecule has 28 heavy (non-hydrogen) atoms. The largest absolute Gasteiger partial charge is 0.381 e. The molecule has 0 amide bonds. The highest BCUT2D eigenvalue weighted by molar-refractivity contribution is 5.79. The van der Waals surface area contributed by atoms with E-state index in [1.54, 1.807) is 0 Å². The van der Waals surface area contributed by atoms with Crippen LogP contribution in [-0.2, 0) is 14.2 Å². The van der Waals surface area contributed by atoms with E-state index in [-0.39, 0.29) is 11.5 Å². The van der Waals surface area contributed by atoms with Gasteiger partial charge in [0.2, 0.25) is 0 Å². The highest BCUT2D eigenvalue weighted by Crippen LogP contribution is 2.34. The van der Waals surface area contributed by atoms with Crippen molar-refractivity contribution in [3.05, 3.63) is 0 Å². The predicted molar refractivity (Wildman–Crippen MR) is 115 cm³/mol. The minimum Gasteiger partial charge on any atom is -0.381 e. The summed E-state index contributed by atoms with van der Waals surface area (Å²) in [6, 6.07) is 0. The lowest BCUT2D eigenvalue weighted by atomic mass is 9.78. The number of guanidine groups is 1. The summed E-state index contributed by atoms with van der Waals surface area (Å²) in [5.41, 5.74) is 0.161. The highest BCUT2D eigenvalue weighted by atomic mass is 16.5. The monoisotopic (exact) mass is 397 g/mol. The SMILES string of the molecule is CCNC(=NCC1CCCOC1C(C)(C)C)NCCCOCC1CCOCC1. The first-order valence-electron chi connectivity index (χ1n) is 11.3. The molecule has 2 saturated heterocycles. The maximum atomic E-state index is 6.09. The molecule has 2 aliphatic heterocycles. The van der Waals surface area contributed by atoms with Crippen LogP contribution in [0.5, 0.6) is 0 Å². The van der Waals surface area contributed by atoms with E-state index in [0.29, 0.717) is 11.8 Å². The topological polar surface area (TPSA) is 64.1 Å². The van der Waals surface area contributed by atoms with Gasteiger partial charge in [0, 0.05) is 58.6 Å². The molecule has 2 atom stereocenters. The van der Waals surface area contributed by atoms with Gasteiger partial charge in [-0.1, -0.05) is 20.8 Å². The van der Waals surface area contributed by atoms with E-state index < -0.39 is 0 Å². The first kappa shape index (κ1) is 23.4. The highest BCUT2D eigenvalue weighted by Gasteiger charge is 2.35. The Labute approximate surface area is 172 Å². The van der Waals surface area contributed by atoms with E-state index in [4.69, 9.17) is 19.2 Å². The zero-order valence-electron chi connectivity index (χ0n) is 18.6. The minimum atomic E-state index is 0.161. The summed E-state index contributed by atoms with van der Waals surface area (Å²) in [4.78, 5) is 4.85. The standard InChI is InChI=1S/C22H43N3O3/c1-5-23-21(24-11-7-12-27-17-18-9-14-26-15-10-18)25-16-19-8-6-13-28-20(19)22(2,3)4/h18-20H,5-17H2,1-4H3,(H2,23,24,25). The average molecular weight is 398 g/mol. The lowest BCUT2D eigenvalue weighted by Gasteiger charge is -2.39. The van der Waals surface area contributed by atoms with Crippen molar-refractivity contribution in [1.82, 2.24) is 10.6 Å². The van der Waals surface area contributed by atoms with Crippen LogP contribution in [0.4, 0.5) is 0 Å². The fourth-order valence-electron chi connectivity index (χ4n) is 4.08. The third-order valence-corrected chi connectivity index (χ3v) is 5.58. The molecule has 6 heteroatoms. The Kier molecular flexibility index (Phi) is 10.6. The van der Waals surface area contributed by atoms with Crippen LogP contribution in [0.1, 0.15) is 59.8 Å². The summed E-state index contributed by atoms with van der Waals surface area (Å²) in [6.07, 6.45) is 5.88. The molecule has 0 saturated carbocycles. The zero-order valence-corrected chi connectivity index (χ0v) is 18.6. The first-order chi connectivity index (χ1) is 13.5. The number of hydrogen-bond donors (Lipinski definition) is 2. The quantitative estimate of drug-likeness (QED) is 0.355. The summed E-state index contributed by atoms with van der Waals surface area (Å²) < 4.78 is 17.3. The fraction of sp³-hybridized carbons (Fsp3) is 0.955. The Morgan fingerprint density at radius 2 is 1.89 bits per heavy atom. The van der Waals surface area contributed by atoms with Crippen LogP contribution in [0.3, 0.4) is 0 Å². The van der Waals surface area contributed by atoms with Gasteiger partial charge in [-0.15, -0.1) is 0 Å². The smallest absolute Gasteiger partial charge is 0.191 e. The number of nitrogens with zero attached hydrogens (tertiary/aromatic N) is 1. The second-order valence-corrected chi connectivity index (χ2v) is 9.19. The lowest BCUT2D eigenvalue weighted by molar-refractivity contribution is -0.0823. The van der Waals surface area contributed by atoms with E-state index in [9.17, 15) is 0 Å². The van der Waals surface area contributed by atoms with Crippen molar-refractivity contribution in [2.75, 3.05) is 52.7 Å². The number of aliphatic imine (C=N–C) groups is 1. The molecule has 6 nitrogen and oxygen atoms in total. The second-order valence-electron chi connectivity index (χ2n) is 9.19. The van der Waals surface area contributed by atoms with E-state index in [1.165, 1.54) is 6.42 Å². The minimum absolute atomic E-state index is 0.161. The van der Waals surface area contributed by atoms with Gasteiger partial charge in [0.1, 0.15) is 0 Å². The van der Waals surface area contributed by atoms with Crippen molar-refractivity contribution >= 4 is 5.96 Å². The molecule has 2 aliphatic rings. The summed E-state index contributed by atoms with van der Waals surface area (Å²) in [7, 11) is 0. The number of rotatable bonds is 9. The molecule has 2 unspecified atom stereocenters. The van der Waals surface area contributed by atoms with Gasteiger partial charge in [-0.3, -0.25) is 4.99 Å². The third-order valence-electron chi connectivity index (χ3n) is 5.58. The van der Waals surface area contributed by atoms with Crippen LogP contribution in [0.25, 0.3) is 0 Å². The Bertz CT molecular complexity index is 445. The maximum Gasteiger partial charge on any atom is 0.191 e.